The van der Waals surface area contributed by atoms with Gasteiger partial charge < -0.3 is 10.1 Å². The Bertz CT molecular complexity index is 369. The number of amides is 1. The van der Waals surface area contributed by atoms with E-state index in [4.69, 9.17) is 27.9 Å². The molecule has 1 N–H and O–H groups in total. The van der Waals surface area contributed by atoms with Gasteiger partial charge in [-0.2, -0.15) is 0 Å². The number of ether oxygens (including phenoxy) is 1. The number of hydrogen-bond acceptors (Lipinski definition) is 2. The van der Waals surface area contributed by atoms with Crippen LogP contribution in [0.5, 0.6) is 5.75 Å². The van der Waals surface area contributed by atoms with Crippen LogP contribution in [0.3, 0.4) is 0 Å². The lowest BCUT2D eigenvalue weighted by molar-refractivity contribution is -0.118. The lowest BCUT2D eigenvalue weighted by Crippen LogP contribution is -2.28. The first-order chi connectivity index (χ1) is 7.63. The van der Waals surface area contributed by atoms with Crippen LogP contribution >= 0.6 is 23.2 Å². The fourth-order valence-corrected chi connectivity index (χ4v) is 1.33. The molecule has 5 heteroatoms. The van der Waals surface area contributed by atoms with Crippen molar-refractivity contribution in [2.45, 2.75) is 6.92 Å². The maximum atomic E-state index is 10.8. The molecule has 0 heterocycles. The zero-order chi connectivity index (χ0) is 12.0. The van der Waals surface area contributed by atoms with Crippen LogP contribution < -0.4 is 10.1 Å². The van der Waals surface area contributed by atoms with Gasteiger partial charge in [0.2, 0.25) is 5.91 Å². The summed E-state index contributed by atoms with van der Waals surface area (Å²) in [5.41, 5.74) is 0.962. The lowest BCUT2D eigenvalue weighted by atomic mass is 10.2. The summed E-state index contributed by atoms with van der Waals surface area (Å²) in [6.07, 6.45) is 0. The maximum absolute atomic E-state index is 10.8. The number of benzene rings is 1. The fraction of sp³-hybridized carbons (Fsp3) is 0.364. The summed E-state index contributed by atoms with van der Waals surface area (Å²) < 4.78 is 5.42. The molecule has 0 bridgehead atoms. The average Bonchev–Trinajstić information content (AvgIpc) is 2.28. The molecule has 0 aliphatic carbocycles. The number of hydrogen-bond donors (Lipinski definition) is 1. The van der Waals surface area contributed by atoms with E-state index in [-0.39, 0.29) is 11.8 Å². The van der Waals surface area contributed by atoms with Crippen molar-refractivity contribution < 1.29 is 9.53 Å². The summed E-state index contributed by atoms with van der Waals surface area (Å²) in [4.78, 5) is 10.8. The Kier molecular flexibility index (Phi) is 5.43. The van der Waals surface area contributed by atoms with Gasteiger partial charge in [0.15, 0.2) is 0 Å². The molecule has 0 spiro atoms. The zero-order valence-corrected chi connectivity index (χ0v) is 10.4. The molecule has 1 amide bonds. The highest BCUT2D eigenvalue weighted by atomic mass is 35.5. The van der Waals surface area contributed by atoms with Gasteiger partial charge in [-0.05, 0) is 30.7 Å². The third-order valence-corrected chi connectivity index (χ3v) is 2.61. The van der Waals surface area contributed by atoms with Gasteiger partial charge in [-0.25, -0.2) is 0 Å². The van der Waals surface area contributed by atoms with E-state index in [9.17, 15) is 4.79 Å². The third kappa shape index (κ3) is 4.29. The average molecular weight is 262 g/mol. The molecule has 1 aromatic rings. The SMILES string of the molecule is Cc1cc(OCCNC(=O)CCl)ccc1Cl. The molecule has 0 aromatic heterocycles. The fourth-order valence-electron chi connectivity index (χ4n) is 1.11. The van der Waals surface area contributed by atoms with Gasteiger partial charge in [-0.3, -0.25) is 4.79 Å². The zero-order valence-electron chi connectivity index (χ0n) is 8.93. The van der Waals surface area contributed by atoms with Gasteiger partial charge in [-0.15, -0.1) is 11.6 Å². The molecule has 1 rings (SSSR count). The second kappa shape index (κ2) is 6.61. The first-order valence-electron chi connectivity index (χ1n) is 4.85. The molecule has 0 radical (unpaired) electrons. The summed E-state index contributed by atoms with van der Waals surface area (Å²) in [5, 5.41) is 3.32. The number of alkyl halides is 1. The monoisotopic (exact) mass is 261 g/mol. The Labute approximate surface area is 105 Å². The quantitative estimate of drug-likeness (QED) is 0.653. The summed E-state index contributed by atoms with van der Waals surface area (Å²) in [5.74, 6) is 0.514. The lowest BCUT2D eigenvalue weighted by Gasteiger charge is -2.08. The van der Waals surface area contributed by atoms with Crippen LogP contribution in [0.4, 0.5) is 0 Å². The van der Waals surface area contributed by atoms with E-state index < -0.39 is 0 Å². The van der Waals surface area contributed by atoms with Crippen LogP contribution in [0.2, 0.25) is 5.02 Å². The Balaban J connectivity index is 2.32. The number of aryl methyl sites for hydroxylation is 1. The number of nitrogens with one attached hydrogen (secondary N) is 1. The highest BCUT2D eigenvalue weighted by molar-refractivity contribution is 6.31. The molecule has 0 atom stereocenters. The van der Waals surface area contributed by atoms with Crippen molar-refractivity contribution in [2.75, 3.05) is 19.0 Å². The van der Waals surface area contributed by atoms with Gasteiger partial charge in [0.25, 0.3) is 0 Å². The van der Waals surface area contributed by atoms with Crippen molar-refractivity contribution in [3.05, 3.63) is 28.8 Å². The number of carbonyl (C=O) groups excluding carboxylic acids is 1. The van der Waals surface area contributed by atoms with Crippen LogP contribution in [0.15, 0.2) is 18.2 Å². The van der Waals surface area contributed by atoms with Crippen LogP contribution in [-0.2, 0) is 4.79 Å². The largest absolute Gasteiger partial charge is 0.492 e. The smallest absolute Gasteiger partial charge is 0.235 e. The van der Waals surface area contributed by atoms with Gasteiger partial charge in [0, 0.05) is 5.02 Å². The van der Waals surface area contributed by atoms with Crippen molar-refractivity contribution in [1.29, 1.82) is 0 Å². The Morgan fingerprint density at radius 3 is 2.88 bits per heavy atom. The van der Waals surface area contributed by atoms with Crippen LogP contribution in [0, 0.1) is 6.92 Å². The minimum absolute atomic E-state index is 0.0277. The van der Waals surface area contributed by atoms with Gasteiger partial charge in [-0.1, -0.05) is 11.6 Å². The van der Waals surface area contributed by atoms with E-state index in [0.717, 1.165) is 11.3 Å². The molecule has 0 aliphatic heterocycles. The van der Waals surface area contributed by atoms with Crippen molar-refractivity contribution in [1.82, 2.24) is 5.32 Å². The predicted molar refractivity (Wildman–Crippen MR) is 65.4 cm³/mol. The molecule has 3 nitrogen and oxygen atoms in total. The summed E-state index contributed by atoms with van der Waals surface area (Å²) in [7, 11) is 0. The van der Waals surface area contributed by atoms with Gasteiger partial charge in [0.1, 0.15) is 18.2 Å². The minimum atomic E-state index is -0.197. The van der Waals surface area contributed by atoms with Crippen LogP contribution in [0.25, 0.3) is 0 Å². The topological polar surface area (TPSA) is 38.3 Å². The standard InChI is InChI=1S/C11H13Cl2NO2/c1-8-6-9(2-3-10(8)13)16-5-4-14-11(15)7-12/h2-3,6H,4-5,7H2,1H3,(H,14,15). The Morgan fingerprint density at radius 1 is 1.50 bits per heavy atom. The van der Waals surface area contributed by atoms with E-state index in [2.05, 4.69) is 5.32 Å². The number of carbonyl (C=O) groups is 1. The minimum Gasteiger partial charge on any atom is -0.492 e. The van der Waals surface area contributed by atoms with E-state index in [0.29, 0.717) is 18.2 Å². The summed E-state index contributed by atoms with van der Waals surface area (Å²) >= 11 is 11.2. The predicted octanol–water partition coefficient (Wildman–Crippen LogP) is 2.38. The normalized spacial score (nSPS) is 9.94. The molecule has 88 valence electrons. The first kappa shape index (κ1) is 13.1. The molecular weight excluding hydrogens is 249 g/mol. The summed E-state index contributed by atoms with van der Waals surface area (Å²) in [6, 6.07) is 5.42. The van der Waals surface area contributed by atoms with Gasteiger partial charge >= 0.3 is 0 Å². The molecule has 0 saturated carbocycles. The highest BCUT2D eigenvalue weighted by Gasteiger charge is 1.99. The second-order valence-corrected chi connectivity index (χ2v) is 3.92. The van der Waals surface area contributed by atoms with Crippen LogP contribution in [-0.4, -0.2) is 24.9 Å². The van der Waals surface area contributed by atoms with Crippen molar-refractivity contribution in [2.24, 2.45) is 0 Å². The molecule has 1 aromatic carbocycles. The summed E-state index contributed by atoms with van der Waals surface area (Å²) in [6.45, 7) is 2.75. The Morgan fingerprint density at radius 2 is 2.25 bits per heavy atom. The highest BCUT2D eigenvalue weighted by Crippen LogP contribution is 2.20. The maximum Gasteiger partial charge on any atom is 0.235 e. The molecular formula is C11H13Cl2NO2. The van der Waals surface area contributed by atoms with E-state index in [1.807, 2.05) is 13.0 Å². The Hall–Kier alpha value is -0.930. The van der Waals surface area contributed by atoms with Crippen LogP contribution in [0.1, 0.15) is 5.56 Å². The number of rotatable bonds is 5. The van der Waals surface area contributed by atoms with E-state index in [1.54, 1.807) is 12.1 Å². The van der Waals surface area contributed by atoms with Crippen molar-refractivity contribution in [3.8, 4) is 5.75 Å². The molecule has 0 saturated heterocycles. The van der Waals surface area contributed by atoms with Crippen molar-refractivity contribution >= 4 is 29.1 Å². The molecule has 0 fully saturated rings. The second-order valence-electron chi connectivity index (χ2n) is 3.24. The molecule has 0 aliphatic rings. The molecule has 0 unspecified atom stereocenters. The first-order valence-corrected chi connectivity index (χ1v) is 5.76. The van der Waals surface area contributed by atoms with Crippen molar-refractivity contribution in [3.63, 3.8) is 0 Å². The van der Waals surface area contributed by atoms with E-state index >= 15 is 0 Å². The molecule has 16 heavy (non-hydrogen) atoms. The number of halogens is 2. The third-order valence-electron chi connectivity index (χ3n) is 1.94. The van der Waals surface area contributed by atoms with Gasteiger partial charge in [0.05, 0.1) is 6.54 Å². The van der Waals surface area contributed by atoms with E-state index in [1.165, 1.54) is 0 Å².